The molecule has 2 unspecified atom stereocenters. The molecule has 1 saturated carbocycles. The summed E-state index contributed by atoms with van der Waals surface area (Å²) in [4.78, 5) is 1.17. The lowest BCUT2D eigenvalue weighted by atomic mass is 9.99. The minimum Gasteiger partial charge on any atom is -0.387 e. The summed E-state index contributed by atoms with van der Waals surface area (Å²) >= 11 is 1.82. The van der Waals surface area contributed by atoms with Crippen LogP contribution in [0.3, 0.4) is 0 Å². The number of hydrogen-bond acceptors (Lipinski definition) is 2. The Morgan fingerprint density at radius 3 is 1.60 bits per heavy atom. The van der Waals surface area contributed by atoms with Gasteiger partial charge in [-0.1, -0.05) is 146 Å². The van der Waals surface area contributed by atoms with Crippen LogP contribution >= 0.6 is 27.2 Å². The van der Waals surface area contributed by atoms with Crippen molar-refractivity contribution >= 4 is 63.8 Å². The van der Waals surface area contributed by atoms with E-state index >= 15 is 0 Å². The molecule has 0 bridgehead atoms. The van der Waals surface area contributed by atoms with Crippen LogP contribution in [0.1, 0.15) is 30.2 Å². The van der Waals surface area contributed by atoms with E-state index in [1.165, 1.54) is 41.5 Å². The molecule has 6 aromatic rings. The van der Waals surface area contributed by atoms with Crippen LogP contribution in [0, 0.1) is 5.92 Å². The summed E-state index contributed by atoms with van der Waals surface area (Å²) < 4.78 is 1.27. The van der Waals surface area contributed by atoms with Crippen molar-refractivity contribution < 1.29 is 5.11 Å². The van der Waals surface area contributed by atoms with Crippen molar-refractivity contribution in [3.8, 4) is 0 Å². The normalized spacial score (nSPS) is 17.7. The van der Waals surface area contributed by atoms with Crippen LogP contribution in [-0.4, -0.2) is 10.8 Å². The predicted octanol–water partition coefficient (Wildman–Crippen LogP) is 7.99. The van der Waals surface area contributed by atoms with Gasteiger partial charge in [-0.3, -0.25) is 0 Å². The molecule has 0 spiro atoms. The quantitative estimate of drug-likeness (QED) is 0.176. The molecule has 5 aromatic carbocycles. The van der Waals surface area contributed by atoms with Crippen molar-refractivity contribution in [1.29, 1.82) is 0 Å². The van der Waals surface area contributed by atoms with E-state index in [-0.39, 0.29) is 5.92 Å². The highest BCUT2D eigenvalue weighted by Crippen LogP contribution is 2.55. The van der Waals surface area contributed by atoms with Crippen molar-refractivity contribution in [3.63, 3.8) is 0 Å². The SMILES string of the molecule is O[C@@H](c1sc2ccccc2c1P(c1ccccc1)c1ccccc1)C1CCCC1P(c1ccccc1)c1ccccc1. The number of hydrogen-bond donors (Lipinski definition) is 1. The molecule has 1 N–H and O–H groups in total. The highest BCUT2D eigenvalue weighted by molar-refractivity contribution is 7.80. The molecule has 1 heterocycles. The molecule has 7 rings (SSSR count). The van der Waals surface area contributed by atoms with Crippen molar-refractivity contribution in [2.45, 2.75) is 31.0 Å². The van der Waals surface area contributed by atoms with Crippen molar-refractivity contribution in [3.05, 3.63) is 150 Å². The van der Waals surface area contributed by atoms with Gasteiger partial charge in [-0.15, -0.1) is 11.3 Å². The Morgan fingerprint density at radius 2 is 1.05 bits per heavy atom. The number of benzene rings is 5. The summed E-state index contributed by atoms with van der Waals surface area (Å²) in [5.74, 6) is 0.215. The molecule has 0 radical (unpaired) electrons. The van der Waals surface area contributed by atoms with Gasteiger partial charge in [0.25, 0.3) is 0 Å². The van der Waals surface area contributed by atoms with Gasteiger partial charge in [-0.05, 0) is 67.5 Å². The summed E-state index contributed by atoms with van der Waals surface area (Å²) in [5.41, 5.74) is 0.428. The Bertz CT molecular complexity index is 1660. The summed E-state index contributed by atoms with van der Waals surface area (Å²) in [6.45, 7) is 0. The molecule has 0 amide bonds. The highest BCUT2D eigenvalue weighted by Gasteiger charge is 2.41. The monoisotopic (exact) mass is 600 g/mol. The van der Waals surface area contributed by atoms with Crippen LogP contribution < -0.4 is 26.5 Å². The molecule has 208 valence electrons. The van der Waals surface area contributed by atoms with Crippen LogP contribution in [-0.2, 0) is 0 Å². The van der Waals surface area contributed by atoms with Crippen LogP contribution in [0.5, 0.6) is 0 Å². The molecule has 42 heavy (non-hydrogen) atoms. The van der Waals surface area contributed by atoms with Crippen LogP contribution in [0.2, 0.25) is 0 Å². The average Bonchev–Trinajstić information content (AvgIpc) is 3.69. The number of aliphatic hydroxyl groups excluding tert-OH is 1. The third-order valence-corrected chi connectivity index (χ3v) is 15.4. The number of rotatable bonds is 8. The number of thiophene rings is 1. The Morgan fingerprint density at radius 1 is 0.571 bits per heavy atom. The average molecular weight is 601 g/mol. The second-order valence-electron chi connectivity index (χ2n) is 11.0. The number of aliphatic hydroxyl groups is 1. The first-order valence-electron chi connectivity index (χ1n) is 14.8. The minimum atomic E-state index is -0.838. The van der Waals surface area contributed by atoms with E-state index in [1.807, 2.05) is 11.3 Å². The van der Waals surface area contributed by atoms with Crippen molar-refractivity contribution in [2.75, 3.05) is 0 Å². The van der Waals surface area contributed by atoms with Gasteiger partial charge in [0.1, 0.15) is 0 Å². The molecule has 1 aliphatic carbocycles. The Balaban J connectivity index is 1.37. The van der Waals surface area contributed by atoms with Gasteiger partial charge in [-0.2, -0.15) is 0 Å². The van der Waals surface area contributed by atoms with Gasteiger partial charge in [0.05, 0.1) is 6.10 Å². The molecule has 4 heteroatoms. The van der Waals surface area contributed by atoms with Crippen LogP contribution in [0.15, 0.2) is 146 Å². The smallest absolute Gasteiger partial charge is 0.0923 e. The van der Waals surface area contributed by atoms with Gasteiger partial charge < -0.3 is 5.11 Å². The maximum atomic E-state index is 12.6. The lowest BCUT2D eigenvalue weighted by Gasteiger charge is -2.33. The zero-order valence-electron chi connectivity index (χ0n) is 23.5. The summed E-state index contributed by atoms with van der Waals surface area (Å²) in [6.07, 6.45) is 2.88. The zero-order valence-corrected chi connectivity index (χ0v) is 26.1. The third-order valence-electron chi connectivity index (χ3n) is 8.45. The second-order valence-corrected chi connectivity index (χ2v) is 16.6. The first kappa shape index (κ1) is 27.7. The van der Waals surface area contributed by atoms with E-state index in [0.717, 1.165) is 19.3 Å². The largest absolute Gasteiger partial charge is 0.387 e. The molecule has 0 saturated heterocycles. The summed E-state index contributed by atoms with van der Waals surface area (Å²) in [6, 6.07) is 52.8. The van der Waals surface area contributed by atoms with Gasteiger partial charge in [0.2, 0.25) is 0 Å². The van der Waals surface area contributed by atoms with E-state index in [9.17, 15) is 5.11 Å². The Kier molecular flexibility index (Phi) is 8.33. The Hall–Kier alpha value is -3.12. The lowest BCUT2D eigenvalue weighted by Crippen LogP contribution is -2.30. The van der Waals surface area contributed by atoms with Crippen molar-refractivity contribution in [2.24, 2.45) is 5.92 Å². The van der Waals surface area contributed by atoms with E-state index in [2.05, 4.69) is 146 Å². The summed E-state index contributed by atoms with van der Waals surface area (Å²) in [5, 5.41) is 20.7. The Labute approximate surface area is 255 Å². The van der Waals surface area contributed by atoms with Crippen LogP contribution in [0.4, 0.5) is 0 Å². The van der Waals surface area contributed by atoms with E-state index in [4.69, 9.17) is 0 Å². The van der Waals surface area contributed by atoms with Gasteiger partial charge in [0, 0.05) is 20.3 Å². The lowest BCUT2D eigenvalue weighted by molar-refractivity contribution is 0.118. The topological polar surface area (TPSA) is 20.2 Å². The van der Waals surface area contributed by atoms with E-state index in [1.54, 1.807) is 0 Å². The van der Waals surface area contributed by atoms with Gasteiger partial charge in [-0.25, -0.2) is 0 Å². The number of fused-ring (bicyclic) bond motifs is 1. The maximum Gasteiger partial charge on any atom is 0.0923 e. The fourth-order valence-electron chi connectivity index (χ4n) is 6.60. The zero-order chi connectivity index (χ0) is 28.3. The molecule has 1 aromatic heterocycles. The first-order valence-corrected chi connectivity index (χ1v) is 18.4. The fourth-order valence-corrected chi connectivity index (χ4v) is 14.0. The van der Waals surface area contributed by atoms with Crippen LogP contribution in [0.25, 0.3) is 10.1 Å². The molecular weight excluding hydrogens is 566 g/mol. The fraction of sp³-hybridized carbons (Fsp3) is 0.158. The van der Waals surface area contributed by atoms with E-state index < -0.39 is 21.9 Å². The predicted molar refractivity (Wildman–Crippen MR) is 186 cm³/mol. The molecule has 1 aliphatic rings. The van der Waals surface area contributed by atoms with Gasteiger partial charge in [0.15, 0.2) is 0 Å². The standard InChI is InChI=1S/C38H34OP2S/c39-36(32-25-15-26-34(32)40(28-16-5-1-6-17-28)29-18-7-2-8-19-29)38-37(33-24-13-14-27-35(33)42-38)41(30-20-9-3-10-21-30)31-22-11-4-12-23-31/h1-14,16-24,27,32,34,36,39H,15,25-26H2/t32?,34?,36-/m1/s1. The third kappa shape index (κ3) is 5.39. The molecule has 1 nitrogen and oxygen atoms in total. The first-order chi connectivity index (χ1) is 20.8. The molecule has 1 fully saturated rings. The summed E-state index contributed by atoms with van der Waals surface area (Å²) in [7, 11) is -1.44. The van der Waals surface area contributed by atoms with Gasteiger partial charge >= 0.3 is 0 Å². The molecule has 0 aliphatic heterocycles. The van der Waals surface area contributed by atoms with E-state index in [0.29, 0.717) is 5.66 Å². The molecule has 3 atom stereocenters. The minimum absolute atomic E-state index is 0.215. The highest BCUT2D eigenvalue weighted by atomic mass is 32.1. The second kappa shape index (κ2) is 12.6. The molecular formula is C38H34OP2S. The van der Waals surface area contributed by atoms with Crippen molar-refractivity contribution in [1.82, 2.24) is 0 Å². The maximum absolute atomic E-state index is 12.6.